The van der Waals surface area contributed by atoms with Crippen LogP contribution in [-0.2, 0) is 4.79 Å². The van der Waals surface area contributed by atoms with Crippen LogP contribution in [0.25, 0.3) is 0 Å². The second-order valence-electron chi connectivity index (χ2n) is 6.87. The van der Waals surface area contributed by atoms with E-state index in [0.29, 0.717) is 0 Å². The largest absolute Gasteiger partial charge is 0.296 e. The molecule has 0 spiro atoms. The molecule has 16 heavy (non-hydrogen) atoms. The maximum atomic E-state index is 12.0. The molecule has 0 saturated heterocycles. The number of Topliss-reactive ketones (excluding diaryl/α,β-unsaturated/α-hetero) is 1. The molecule has 0 fully saturated rings. The lowest BCUT2D eigenvalue weighted by Gasteiger charge is -2.23. The minimum Gasteiger partial charge on any atom is -0.296 e. The maximum absolute atomic E-state index is 12.0. The summed E-state index contributed by atoms with van der Waals surface area (Å²) in [5.41, 5.74) is 0. The summed E-state index contributed by atoms with van der Waals surface area (Å²) in [6.45, 7) is 13.3. The monoisotopic (exact) mass is 298 g/mol. The molecule has 0 saturated carbocycles. The molecule has 2 unspecified atom stereocenters. The van der Waals surface area contributed by atoms with Gasteiger partial charge in [-0.25, -0.2) is 0 Å². The van der Waals surface area contributed by atoms with E-state index in [9.17, 15) is 4.79 Å². The third kappa shape index (κ3) is 7.88. The molecule has 0 amide bonds. The highest BCUT2D eigenvalue weighted by molar-refractivity contribution is 6.78. The Morgan fingerprint density at radius 2 is 1.12 bits per heavy atom. The van der Waals surface area contributed by atoms with E-state index >= 15 is 0 Å². The summed E-state index contributed by atoms with van der Waals surface area (Å²) in [7, 11) is -2.58. The van der Waals surface area contributed by atoms with Crippen LogP contribution in [0.5, 0.6) is 0 Å². The zero-order valence-corrected chi connectivity index (χ0v) is 14.7. The Hall–Kier alpha value is 0.684. The van der Waals surface area contributed by atoms with Crippen LogP contribution in [0.2, 0.25) is 51.4 Å². The molecule has 5 heteroatoms. The standard InChI is InChI=1S/C11H24Cl2OSi2/c1-15(2,3)7-9(12)11(14)10(13)8-16(4,5)6/h9-10H,7-8H2,1-6H3. The van der Waals surface area contributed by atoms with Gasteiger partial charge in [0.25, 0.3) is 0 Å². The van der Waals surface area contributed by atoms with Crippen molar-refractivity contribution in [1.29, 1.82) is 0 Å². The van der Waals surface area contributed by atoms with Crippen LogP contribution in [0.4, 0.5) is 0 Å². The van der Waals surface area contributed by atoms with Gasteiger partial charge in [-0.1, -0.05) is 39.3 Å². The third-order valence-corrected chi connectivity index (χ3v) is 6.72. The van der Waals surface area contributed by atoms with Crippen molar-refractivity contribution in [3.63, 3.8) is 0 Å². The van der Waals surface area contributed by atoms with E-state index in [2.05, 4.69) is 39.3 Å². The first-order chi connectivity index (χ1) is 6.92. The van der Waals surface area contributed by atoms with Crippen molar-refractivity contribution in [2.75, 3.05) is 0 Å². The Kier molecular flexibility index (Phi) is 6.29. The first-order valence-corrected chi connectivity index (χ1v) is 14.0. The molecule has 0 bridgehead atoms. The van der Waals surface area contributed by atoms with Gasteiger partial charge in [0.1, 0.15) is 0 Å². The lowest BCUT2D eigenvalue weighted by Crippen LogP contribution is -2.36. The molecule has 96 valence electrons. The molecule has 1 nitrogen and oxygen atoms in total. The summed E-state index contributed by atoms with van der Waals surface area (Å²) in [5.74, 6) is 0.0354. The topological polar surface area (TPSA) is 17.1 Å². The summed E-state index contributed by atoms with van der Waals surface area (Å²) in [4.78, 5) is 12.0. The van der Waals surface area contributed by atoms with E-state index < -0.39 is 16.1 Å². The zero-order chi connectivity index (χ0) is 13.1. The summed E-state index contributed by atoms with van der Waals surface area (Å²) in [5, 5.41) is -0.768. The summed E-state index contributed by atoms with van der Waals surface area (Å²) in [6.07, 6.45) is 0. The van der Waals surface area contributed by atoms with Gasteiger partial charge in [-0.15, -0.1) is 23.2 Å². The normalized spacial score (nSPS) is 17.0. The van der Waals surface area contributed by atoms with Crippen LogP contribution < -0.4 is 0 Å². The molecular weight excluding hydrogens is 275 g/mol. The van der Waals surface area contributed by atoms with Gasteiger partial charge in [-0.05, 0) is 12.1 Å². The van der Waals surface area contributed by atoms with Crippen LogP contribution in [0.1, 0.15) is 0 Å². The minimum atomic E-state index is -1.29. The van der Waals surface area contributed by atoms with Gasteiger partial charge in [0.05, 0.1) is 10.8 Å². The molecule has 0 N–H and O–H groups in total. The molecule has 0 heterocycles. The number of hydrogen-bond donors (Lipinski definition) is 0. The fourth-order valence-corrected chi connectivity index (χ4v) is 7.17. The third-order valence-electron chi connectivity index (χ3n) is 2.20. The van der Waals surface area contributed by atoms with Crippen molar-refractivity contribution < 1.29 is 4.79 Å². The second kappa shape index (κ2) is 6.03. The van der Waals surface area contributed by atoms with Crippen molar-refractivity contribution in [2.24, 2.45) is 0 Å². The van der Waals surface area contributed by atoms with Crippen LogP contribution >= 0.6 is 23.2 Å². The van der Waals surface area contributed by atoms with Crippen molar-refractivity contribution in [1.82, 2.24) is 0 Å². The number of rotatable bonds is 6. The molecule has 0 aliphatic heterocycles. The first-order valence-electron chi connectivity index (χ1n) is 5.74. The van der Waals surface area contributed by atoms with Gasteiger partial charge in [0, 0.05) is 16.1 Å². The van der Waals surface area contributed by atoms with Crippen molar-refractivity contribution in [2.45, 2.75) is 62.1 Å². The molecule has 0 aromatic carbocycles. The van der Waals surface area contributed by atoms with Crippen LogP contribution in [0.3, 0.4) is 0 Å². The van der Waals surface area contributed by atoms with E-state index in [0.717, 1.165) is 12.1 Å². The first kappa shape index (κ1) is 16.7. The Morgan fingerprint density at radius 3 is 1.31 bits per heavy atom. The number of ketones is 1. The molecule has 0 rings (SSSR count). The van der Waals surface area contributed by atoms with Gasteiger partial charge in [-0.2, -0.15) is 0 Å². The quantitative estimate of drug-likeness (QED) is 0.523. The SMILES string of the molecule is C[Si](C)(C)CC(Cl)C(=O)C(Cl)C[Si](C)(C)C. The molecule has 2 atom stereocenters. The fourth-order valence-electron chi connectivity index (χ4n) is 1.47. The Bertz CT molecular complexity index is 219. The highest BCUT2D eigenvalue weighted by Crippen LogP contribution is 2.23. The van der Waals surface area contributed by atoms with Gasteiger partial charge < -0.3 is 0 Å². The van der Waals surface area contributed by atoms with E-state index in [1.807, 2.05) is 0 Å². The minimum absolute atomic E-state index is 0.0354. The van der Waals surface area contributed by atoms with Crippen molar-refractivity contribution >= 4 is 45.1 Å². The average Bonchev–Trinajstić information content (AvgIpc) is 1.96. The lowest BCUT2D eigenvalue weighted by molar-refractivity contribution is -0.117. The van der Waals surface area contributed by atoms with Gasteiger partial charge in [-0.3, -0.25) is 4.79 Å². The van der Waals surface area contributed by atoms with Crippen LogP contribution in [0.15, 0.2) is 0 Å². The predicted molar refractivity (Wildman–Crippen MR) is 80.6 cm³/mol. The summed E-state index contributed by atoms with van der Waals surface area (Å²) >= 11 is 12.3. The highest BCUT2D eigenvalue weighted by atomic mass is 35.5. The molecule has 0 radical (unpaired) electrons. The average molecular weight is 299 g/mol. The zero-order valence-electron chi connectivity index (χ0n) is 11.2. The van der Waals surface area contributed by atoms with Crippen LogP contribution in [-0.4, -0.2) is 32.7 Å². The van der Waals surface area contributed by atoms with Gasteiger partial charge in [0.15, 0.2) is 5.78 Å². The smallest absolute Gasteiger partial charge is 0.167 e. The number of carbonyl (C=O) groups is 1. The second-order valence-corrected chi connectivity index (χ2v) is 19.0. The van der Waals surface area contributed by atoms with Gasteiger partial charge >= 0.3 is 0 Å². The lowest BCUT2D eigenvalue weighted by atomic mass is 10.2. The van der Waals surface area contributed by atoms with Crippen molar-refractivity contribution in [3.05, 3.63) is 0 Å². The Morgan fingerprint density at radius 1 is 0.875 bits per heavy atom. The predicted octanol–water partition coefficient (Wildman–Crippen LogP) is 4.45. The molecule has 0 aliphatic carbocycles. The summed E-state index contributed by atoms with van der Waals surface area (Å²) < 4.78 is 0. The number of alkyl halides is 2. The summed E-state index contributed by atoms with van der Waals surface area (Å²) in [6, 6.07) is 1.64. The maximum Gasteiger partial charge on any atom is 0.167 e. The van der Waals surface area contributed by atoms with Crippen molar-refractivity contribution in [3.8, 4) is 0 Å². The number of halogens is 2. The van der Waals surface area contributed by atoms with E-state index in [1.54, 1.807) is 0 Å². The number of carbonyl (C=O) groups excluding carboxylic acids is 1. The fraction of sp³-hybridized carbons (Fsp3) is 0.909. The van der Waals surface area contributed by atoms with Crippen LogP contribution in [0, 0.1) is 0 Å². The highest BCUT2D eigenvalue weighted by Gasteiger charge is 2.31. The number of hydrogen-bond acceptors (Lipinski definition) is 1. The van der Waals surface area contributed by atoms with E-state index in [4.69, 9.17) is 23.2 Å². The van der Waals surface area contributed by atoms with E-state index in [1.165, 1.54) is 0 Å². The molecule has 0 aromatic rings. The molecule has 0 aliphatic rings. The van der Waals surface area contributed by atoms with Gasteiger partial charge in [0.2, 0.25) is 0 Å². The van der Waals surface area contributed by atoms with E-state index in [-0.39, 0.29) is 16.5 Å². The Balaban J connectivity index is 4.34. The molecule has 0 aromatic heterocycles. The molecular formula is C11H24Cl2OSi2. The Labute approximate surface area is 112 Å².